The highest BCUT2D eigenvalue weighted by Gasteiger charge is 2.20. The van der Waals surface area contributed by atoms with Crippen LogP contribution in [0.5, 0.6) is 0 Å². The van der Waals surface area contributed by atoms with E-state index in [0.717, 1.165) is 11.4 Å². The quantitative estimate of drug-likeness (QED) is 0.840. The molecule has 1 atom stereocenters. The van der Waals surface area contributed by atoms with E-state index in [4.69, 9.17) is 4.74 Å². The van der Waals surface area contributed by atoms with Crippen LogP contribution in [-0.4, -0.2) is 46.5 Å². The van der Waals surface area contributed by atoms with E-state index in [1.54, 1.807) is 17.1 Å². The number of nitrogens with zero attached hydrogens (tertiary/aromatic N) is 3. The number of halogens is 2. The van der Waals surface area contributed by atoms with Crippen molar-refractivity contribution < 1.29 is 9.53 Å². The Balaban J connectivity index is 0.00000132. The van der Waals surface area contributed by atoms with Crippen molar-refractivity contribution in [3.05, 3.63) is 42.4 Å². The SMILES string of the molecule is Cl.Cl.O=C(NCc1ccnc(-n2cccn2)c1)C1COCCN1. The number of morpholine rings is 1. The molecule has 1 saturated heterocycles. The molecule has 1 fully saturated rings. The zero-order chi connectivity index (χ0) is 14.5. The minimum absolute atomic E-state index is 0. The zero-order valence-electron chi connectivity index (χ0n) is 12.3. The number of amides is 1. The molecule has 7 nitrogen and oxygen atoms in total. The second-order valence-corrected chi connectivity index (χ2v) is 4.77. The lowest BCUT2D eigenvalue weighted by Crippen LogP contribution is -2.51. The monoisotopic (exact) mass is 359 g/mol. The van der Waals surface area contributed by atoms with Crippen molar-refractivity contribution in [2.24, 2.45) is 0 Å². The van der Waals surface area contributed by atoms with Gasteiger partial charge in [-0.25, -0.2) is 9.67 Å². The number of hydrogen-bond acceptors (Lipinski definition) is 5. The molecule has 3 rings (SSSR count). The number of aromatic nitrogens is 3. The Morgan fingerprint density at radius 3 is 3.00 bits per heavy atom. The van der Waals surface area contributed by atoms with Crippen molar-refractivity contribution in [3.63, 3.8) is 0 Å². The van der Waals surface area contributed by atoms with Crippen molar-refractivity contribution >= 4 is 30.7 Å². The predicted octanol–water partition coefficient (Wildman–Crippen LogP) is 0.715. The topological polar surface area (TPSA) is 81.1 Å². The van der Waals surface area contributed by atoms with Gasteiger partial charge in [-0.3, -0.25) is 4.79 Å². The molecule has 0 saturated carbocycles. The number of nitrogens with one attached hydrogen (secondary N) is 2. The smallest absolute Gasteiger partial charge is 0.239 e. The minimum atomic E-state index is -0.272. The van der Waals surface area contributed by atoms with Crippen LogP contribution in [0.4, 0.5) is 0 Å². The second-order valence-electron chi connectivity index (χ2n) is 4.77. The molecule has 1 aliphatic rings. The molecule has 2 aromatic rings. The molecule has 0 radical (unpaired) electrons. The Kier molecular flexibility index (Phi) is 7.97. The fourth-order valence-corrected chi connectivity index (χ4v) is 2.15. The Labute approximate surface area is 146 Å². The molecule has 1 aliphatic heterocycles. The summed E-state index contributed by atoms with van der Waals surface area (Å²) in [5, 5.41) is 10.2. The molecule has 2 N–H and O–H groups in total. The lowest BCUT2D eigenvalue weighted by molar-refractivity contribution is -0.126. The third kappa shape index (κ3) is 5.18. The van der Waals surface area contributed by atoms with Gasteiger partial charge in [-0.1, -0.05) is 0 Å². The van der Waals surface area contributed by atoms with Crippen LogP contribution in [0, 0.1) is 0 Å². The molecule has 3 heterocycles. The van der Waals surface area contributed by atoms with Crippen molar-refractivity contribution in [3.8, 4) is 5.82 Å². The average Bonchev–Trinajstić information content (AvgIpc) is 3.08. The van der Waals surface area contributed by atoms with Gasteiger partial charge >= 0.3 is 0 Å². The zero-order valence-corrected chi connectivity index (χ0v) is 14.0. The van der Waals surface area contributed by atoms with E-state index in [-0.39, 0.29) is 36.8 Å². The van der Waals surface area contributed by atoms with E-state index in [1.807, 2.05) is 24.4 Å². The van der Waals surface area contributed by atoms with Gasteiger partial charge in [0, 0.05) is 31.7 Å². The maximum Gasteiger partial charge on any atom is 0.239 e. The lowest BCUT2D eigenvalue weighted by Gasteiger charge is -2.22. The van der Waals surface area contributed by atoms with Crippen LogP contribution >= 0.6 is 24.8 Å². The Morgan fingerprint density at radius 1 is 1.43 bits per heavy atom. The van der Waals surface area contributed by atoms with Crippen LogP contribution in [0.25, 0.3) is 5.82 Å². The van der Waals surface area contributed by atoms with Gasteiger partial charge in [-0.2, -0.15) is 5.10 Å². The van der Waals surface area contributed by atoms with Crippen molar-refractivity contribution in [2.75, 3.05) is 19.8 Å². The molecule has 126 valence electrons. The lowest BCUT2D eigenvalue weighted by atomic mass is 10.2. The van der Waals surface area contributed by atoms with E-state index < -0.39 is 0 Å². The molecule has 0 aliphatic carbocycles. The van der Waals surface area contributed by atoms with Gasteiger partial charge in [-0.05, 0) is 23.8 Å². The molecule has 0 spiro atoms. The first-order valence-electron chi connectivity index (χ1n) is 6.87. The van der Waals surface area contributed by atoms with Crippen LogP contribution in [0.3, 0.4) is 0 Å². The van der Waals surface area contributed by atoms with Crippen molar-refractivity contribution in [2.45, 2.75) is 12.6 Å². The molecule has 1 unspecified atom stereocenters. The number of carbonyl (C=O) groups excluding carboxylic acids is 1. The third-order valence-electron chi connectivity index (χ3n) is 3.25. The maximum absolute atomic E-state index is 12.0. The Bertz CT molecular complexity index is 603. The number of hydrogen-bond donors (Lipinski definition) is 2. The molecule has 0 aromatic carbocycles. The first-order chi connectivity index (χ1) is 10.3. The summed E-state index contributed by atoms with van der Waals surface area (Å²) in [5.41, 5.74) is 0.973. The largest absolute Gasteiger partial charge is 0.378 e. The van der Waals surface area contributed by atoms with Crippen LogP contribution in [0.1, 0.15) is 5.56 Å². The number of ether oxygens (including phenoxy) is 1. The molecule has 0 bridgehead atoms. The van der Waals surface area contributed by atoms with E-state index in [0.29, 0.717) is 26.3 Å². The van der Waals surface area contributed by atoms with Gasteiger partial charge in [0.15, 0.2) is 5.82 Å². The molecular weight excluding hydrogens is 341 g/mol. The van der Waals surface area contributed by atoms with Gasteiger partial charge in [0.1, 0.15) is 6.04 Å². The summed E-state index contributed by atoms with van der Waals surface area (Å²) in [6.45, 7) is 2.23. The Morgan fingerprint density at radius 2 is 2.30 bits per heavy atom. The van der Waals surface area contributed by atoms with Gasteiger partial charge in [0.2, 0.25) is 5.91 Å². The molecule has 23 heavy (non-hydrogen) atoms. The summed E-state index contributed by atoms with van der Waals surface area (Å²) < 4.78 is 6.96. The maximum atomic E-state index is 12.0. The van der Waals surface area contributed by atoms with Crippen molar-refractivity contribution in [1.29, 1.82) is 0 Å². The molecule has 1 amide bonds. The summed E-state index contributed by atoms with van der Waals surface area (Å²) in [7, 11) is 0. The van der Waals surface area contributed by atoms with Crippen LogP contribution in [0.15, 0.2) is 36.8 Å². The first-order valence-corrected chi connectivity index (χ1v) is 6.87. The molecule has 2 aromatic heterocycles. The second kappa shape index (κ2) is 9.46. The summed E-state index contributed by atoms with van der Waals surface area (Å²) in [4.78, 5) is 16.3. The van der Waals surface area contributed by atoms with Crippen molar-refractivity contribution in [1.82, 2.24) is 25.4 Å². The van der Waals surface area contributed by atoms with E-state index in [1.165, 1.54) is 0 Å². The van der Waals surface area contributed by atoms with Crippen LogP contribution in [-0.2, 0) is 16.1 Å². The van der Waals surface area contributed by atoms with Crippen LogP contribution < -0.4 is 10.6 Å². The van der Waals surface area contributed by atoms with E-state index in [9.17, 15) is 4.79 Å². The minimum Gasteiger partial charge on any atom is -0.378 e. The van der Waals surface area contributed by atoms with Gasteiger partial charge in [0.25, 0.3) is 0 Å². The highest BCUT2D eigenvalue weighted by molar-refractivity contribution is 5.85. The summed E-state index contributed by atoms with van der Waals surface area (Å²) >= 11 is 0. The summed E-state index contributed by atoms with van der Waals surface area (Å²) in [5.74, 6) is 0.679. The molecule has 9 heteroatoms. The molecular formula is C14H19Cl2N5O2. The highest BCUT2D eigenvalue weighted by Crippen LogP contribution is 2.06. The van der Waals surface area contributed by atoms with E-state index >= 15 is 0 Å². The fraction of sp³-hybridized carbons (Fsp3) is 0.357. The number of rotatable bonds is 4. The third-order valence-corrected chi connectivity index (χ3v) is 3.25. The first kappa shape index (κ1) is 19.4. The number of carbonyl (C=O) groups is 1. The summed E-state index contributed by atoms with van der Waals surface area (Å²) in [6, 6.07) is 5.34. The normalized spacial score (nSPS) is 16.8. The Hall–Kier alpha value is -1.67. The summed E-state index contributed by atoms with van der Waals surface area (Å²) in [6.07, 6.45) is 5.24. The van der Waals surface area contributed by atoms with Gasteiger partial charge < -0.3 is 15.4 Å². The predicted molar refractivity (Wildman–Crippen MR) is 90.3 cm³/mol. The van der Waals surface area contributed by atoms with Crippen LogP contribution in [0.2, 0.25) is 0 Å². The van der Waals surface area contributed by atoms with E-state index in [2.05, 4.69) is 20.7 Å². The highest BCUT2D eigenvalue weighted by atomic mass is 35.5. The fourth-order valence-electron chi connectivity index (χ4n) is 2.15. The van der Waals surface area contributed by atoms with Gasteiger partial charge in [0.05, 0.1) is 13.2 Å². The average molecular weight is 360 g/mol. The number of pyridine rings is 1. The van der Waals surface area contributed by atoms with Gasteiger partial charge in [-0.15, -0.1) is 24.8 Å². The standard InChI is InChI=1S/C14H17N5O2.2ClH/c20-14(12-10-21-7-5-15-12)17-9-11-2-4-16-13(8-11)19-6-1-3-18-19;;/h1-4,6,8,12,15H,5,7,9-10H2,(H,17,20);2*1H.